The maximum atomic E-state index is 12.2. The Morgan fingerprint density at radius 2 is 2.38 bits per heavy atom. The van der Waals surface area contributed by atoms with Crippen LogP contribution in [0.2, 0.25) is 0 Å². The van der Waals surface area contributed by atoms with Gasteiger partial charge in [0, 0.05) is 6.54 Å². The van der Waals surface area contributed by atoms with Crippen molar-refractivity contribution in [2.45, 2.75) is 12.6 Å². The minimum Gasteiger partial charge on any atom is -0.328 e. The summed E-state index contributed by atoms with van der Waals surface area (Å²) in [5.74, 6) is 0.873. The third-order valence-corrected chi connectivity index (χ3v) is 1.53. The molecule has 0 rings (SSSR count). The lowest BCUT2D eigenvalue weighted by Gasteiger charge is -2.00. The predicted molar refractivity (Wildman–Crippen MR) is 36.9 cm³/mol. The molecule has 0 bridgehead atoms. The van der Waals surface area contributed by atoms with Gasteiger partial charge in [0.05, 0.1) is 0 Å². The zero-order valence-corrected chi connectivity index (χ0v) is 5.88. The van der Waals surface area contributed by atoms with E-state index >= 15 is 0 Å². The third-order valence-electron chi connectivity index (χ3n) is 0.891. The van der Waals surface area contributed by atoms with E-state index < -0.39 is 6.17 Å². The summed E-state index contributed by atoms with van der Waals surface area (Å²) in [5, 5.41) is 0. The molecule has 0 amide bonds. The molecule has 50 valence electrons. The molecule has 3 heteroatoms. The van der Waals surface area contributed by atoms with Gasteiger partial charge in [-0.2, -0.15) is 11.8 Å². The molecule has 8 heavy (non-hydrogen) atoms. The number of halogens is 1. The molecular weight excluding hydrogens is 125 g/mol. The van der Waals surface area contributed by atoms with E-state index in [-0.39, 0.29) is 6.54 Å². The quantitative estimate of drug-likeness (QED) is 0.626. The van der Waals surface area contributed by atoms with Gasteiger partial charge in [0.2, 0.25) is 0 Å². The number of rotatable bonds is 4. The van der Waals surface area contributed by atoms with Gasteiger partial charge < -0.3 is 5.73 Å². The lowest BCUT2D eigenvalue weighted by Crippen LogP contribution is -2.15. The van der Waals surface area contributed by atoms with Gasteiger partial charge in [-0.15, -0.1) is 0 Å². The Morgan fingerprint density at radius 3 is 2.75 bits per heavy atom. The summed E-state index contributed by atoms with van der Waals surface area (Å²) in [4.78, 5) is 0. The third kappa shape index (κ3) is 4.40. The average molecular weight is 137 g/mol. The molecule has 0 radical (unpaired) electrons. The molecule has 0 saturated carbocycles. The summed E-state index contributed by atoms with van der Waals surface area (Å²) in [6.07, 6.45) is 1.77. The Balaban J connectivity index is 2.86. The molecule has 1 nitrogen and oxygen atoms in total. The minimum atomic E-state index is -0.789. The molecule has 0 aliphatic heterocycles. The fourth-order valence-electron chi connectivity index (χ4n) is 0.364. The second kappa shape index (κ2) is 5.38. The molecule has 0 aromatic rings. The molecule has 0 aliphatic carbocycles. The van der Waals surface area contributed by atoms with E-state index in [1.807, 2.05) is 6.26 Å². The highest BCUT2D eigenvalue weighted by atomic mass is 32.2. The first-order valence-corrected chi connectivity index (χ1v) is 4.03. The Kier molecular flexibility index (Phi) is 5.54. The fraction of sp³-hybridized carbons (Fsp3) is 1.00. The molecule has 0 aromatic carbocycles. The zero-order valence-electron chi connectivity index (χ0n) is 5.06. The van der Waals surface area contributed by atoms with Crippen molar-refractivity contribution in [2.24, 2.45) is 5.73 Å². The topological polar surface area (TPSA) is 26.0 Å². The molecule has 0 fully saturated rings. The standard InChI is InChI=1S/C5H12FNS/c1-8-3-2-5(6)4-7/h5H,2-4,7H2,1H3. The van der Waals surface area contributed by atoms with E-state index in [0.29, 0.717) is 6.42 Å². The van der Waals surface area contributed by atoms with Crippen LogP contribution in [0.25, 0.3) is 0 Å². The van der Waals surface area contributed by atoms with E-state index in [9.17, 15) is 4.39 Å². The van der Waals surface area contributed by atoms with Gasteiger partial charge in [0.1, 0.15) is 6.17 Å². The van der Waals surface area contributed by atoms with Crippen molar-refractivity contribution in [1.82, 2.24) is 0 Å². The lowest BCUT2D eigenvalue weighted by atomic mass is 10.3. The van der Waals surface area contributed by atoms with Crippen LogP contribution in [0.3, 0.4) is 0 Å². The highest BCUT2D eigenvalue weighted by molar-refractivity contribution is 7.98. The highest BCUT2D eigenvalue weighted by Crippen LogP contribution is 2.01. The molecule has 0 aliphatic rings. The van der Waals surface area contributed by atoms with Crippen molar-refractivity contribution < 1.29 is 4.39 Å². The predicted octanol–water partition coefficient (Wildman–Crippen LogP) is 1.04. The molecule has 0 saturated heterocycles. The van der Waals surface area contributed by atoms with E-state index in [1.54, 1.807) is 11.8 Å². The van der Waals surface area contributed by atoms with Crippen LogP contribution >= 0.6 is 11.8 Å². The zero-order chi connectivity index (χ0) is 6.41. The number of thioether (sulfide) groups is 1. The second-order valence-corrected chi connectivity index (χ2v) is 2.60. The van der Waals surface area contributed by atoms with Gasteiger partial charge in [-0.3, -0.25) is 0 Å². The highest BCUT2D eigenvalue weighted by Gasteiger charge is 1.99. The summed E-state index contributed by atoms with van der Waals surface area (Å²) in [7, 11) is 0. The van der Waals surface area contributed by atoms with Gasteiger partial charge in [0.15, 0.2) is 0 Å². The van der Waals surface area contributed by atoms with Crippen LogP contribution in [-0.2, 0) is 0 Å². The maximum Gasteiger partial charge on any atom is 0.113 e. The summed E-state index contributed by atoms with van der Waals surface area (Å²) in [6, 6.07) is 0. The van der Waals surface area contributed by atoms with Crippen LogP contribution in [0.15, 0.2) is 0 Å². The number of hydrogen-bond acceptors (Lipinski definition) is 2. The summed E-state index contributed by atoms with van der Waals surface area (Å²) in [6.45, 7) is 0.167. The summed E-state index contributed by atoms with van der Waals surface area (Å²) < 4.78 is 12.2. The van der Waals surface area contributed by atoms with Crippen LogP contribution in [0, 0.1) is 0 Å². The Bertz CT molecular complexity index is 51.7. The normalized spacial score (nSPS) is 13.9. The summed E-state index contributed by atoms with van der Waals surface area (Å²) in [5.41, 5.74) is 5.03. The molecule has 1 unspecified atom stereocenters. The van der Waals surface area contributed by atoms with Crippen LogP contribution in [0.4, 0.5) is 4.39 Å². The number of alkyl halides is 1. The SMILES string of the molecule is CSCCC(F)CN. The Morgan fingerprint density at radius 1 is 1.75 bits per heavy atom. The van der Waals surface area contributed by atoms with Crippen LogP contribution in [0.1, 0.15) is 6.42 Å². The largest absolute Gasteiger partial charge is 0.328 e. The van der Waals surface area contributed by atoms with E-state index in [4.69, 9.17) is 5.73 Å². The van der Waals surface area contributed by atoms with Gasteiger partial charge in [0.25, 0.3) is 0 Å². The first kappa shape index (κ1) is 8.24. The lowest BCUT2D eigenvalue weighted by molar-refractivity contribution is 0.335. The van der Waals surface area contributed by atoms with Crippen LogP contribution in [-0.4, -0.2) is 24.7 Å². The number of nitrogens with two attached hydrogens (primary N) is 1. The minimum absolute atomic E-state index is 0.167. The molecule has 1 atom stereocenters. The van der Waals surface area contributed by atoms with Crippen molar-refractivity contribution in [1.29, 1.82) is 0 Å². The fourth-order valence-corrected chi connectivity index (χ4v) is 0.855. The molecular formula is C5H12FNS. The average Bonchev–Trinajstić information content (AvgIpc) is 1.83. The molecule has 0 spiro atoms. The van der Waals surface area contributed by atoms with E-state index in [1.165, 1.54) is 0 Å². The Labute approximate surface area is 53.8 Å². The first-order chi connectivity index (χ1) is 3.81. The van der Waals surface area contributed by atoms with Crippen molar-refractivity contribution in [3.8, 4) is 0 Å². The van der Waals surface area contributed by atoms with Crippen LogP contribution < -0.4 is 5.73 Å². The number of hydrogen-bond donors (Lipinski definition) is 1. The monoisotopic (exact) mass is 137 g/mol. The van der Waals surface area contributed by atoms with Crippen molar-refractivity contribution in [3.63, 3.8) is 0 Å². The van der Waals surface area contributed by atoms with Gasteiger partial charge in [-0.25, -0.2) is 4.39 Å². The Hall–Kier alpha value is 0.240. The van der Waals surface area contributed by atoms with E-state index in [0.717, 1.165) is 5.75 Å². The smallest absolute Gasteiger partial charge is 0.113 e. The first-order valence-electron chi connectivity index (χ1n) is 2.64. The molecule has 0 heterocycles. The van der Waals surface area contributed by atoms with Gasteiger partial charge in [-0.1, -0.05) is 0 Å². The summed E-state index contributed by atoms with van der Waals surface area (Å²) >= 11 is 1.65. The van der Waals surface area contributed by atoms with Crippen molar-refractivity contribution >= 4 is 11.8 Å². The molecule has 0 aromatic heterocycles. The van der Waals surface area contributed by atoms with Crippen molar-refractivity contribution in [2.75, 3.05) is 18.6 Å². The maximum absolute atomic E-state index is 12.2. The van der Waals surface area contributed by atoms with Gasteiger partial charge in [-0.05, 0) is 18.4 Å². The second-order valence-electron chi connectivity index (χ2n) is 1.61. The van der Waals surface area contributed by atoms with Gasteiger partial charge >= 0.3 is 0 Å². The van der Waals surface area contributed by atoms with Crippen molar-refractivity contribution in [3.05, 3.63) is 0 Å². The van der Waals surface area contributed by atoms with E-state index in [2.05, 4.69) is 0 Å². The van der Waals surface area contributed by atoms with Crippen LogP contribution in [0.5, 0.6) is 0 Å². The molecule has 2 N–H and O–H groups in total.